The molecule has 0 aliphatic heterocycles. The molecule has 0 radical (unpaired) electrons. The van der Waals surface area contributed by atoms with Crippen LogP contribution >= 0.6 is 0 Å². The Morgan fingerprint density at radius 1 is 1.23 bits per heavy atom. The van der Waals surface area contributed by atoms with Gasteiger partial charge in [0, 0.05) is 13.5 Å². The zero-order valence-corrected chi connectivity index (χ0v) is 8.35. The molecule has 13 heavy (non-hydrogen) atoms. The maximum absolute atomic E-state index is 10.7. The van der Waals surface area contributed by atoms with Gasteiger partial charge in [0.1, 0.15) is 0 Å². The fourth-order valence-corrected chi connectivity index (χ4v) is 1.40. The molecular weight excluding hydrogens is 162 g/mol. The third-order valence-corrected chi connectivity index (χ3v) is 1.82. The average molecular weight is 177 g/mol. The van der Waals surface area contributed by atoms with Crippen LogP contribution in [0.4, 0.5) is 0 Å². The Morgan fingerprint density at radius 3 is 2.23 bits per heavy atom. The minimum atomic E-state index is 0.0131. The molecule has 0 bridgehead atoms. The summed E-state index contributed by atoms with van der Waals surface area (Å²) in [5, 5.41) is 2.78. The lowest BCUT2D eigenvalue weighted by Gasteiger charge is -2.05. The predicted molar refractivity (Wildman–Crippen MR) is 53.4 cm³/mol. The van der Waals surface area contributed by atoms with Crippen LogP contribution in [0.1, 0.15) is 23.6 Å². The van der Waals surface area contributed by atoms with E-state index in [1.165, 1.54) is 18.1 Å². The highest BCUT2D eigenvalue weighted by molar-refractivity contribution is 5.72. The van der Waals surface area contributed by atoms with Crippen LogP contribution in [0.15, 0.2) is 18.2 Å². The van der Waals surface area contributed by atoms with Gasteiger partial charge in [-0.25, -0.2) is 0 Å². The number of hydrogen-bond acceptors (Lipinski definition) is 1. The Hall–Kier alpha value is -1.31. The van der Waals surface area contributed by atoms with Gasteiger partial charge in [0.15, 0.2) is 0 Å². The van der Waals surface area contributed by atoms with Crippen molar-refractivity contribution in [1.82, 2.24) is 5.32 Å². The van der Waals surface area contributed by atoms with E-state index in [1.807, 2.05) is 0 Å². The van der Waals surface area contributed by atoms with E-state index in [4.69, 9.17) is 0 Å². The van der Waals surface area contributed by atoms with Gasteiger partial charge < -0.3 is 5.32 Å². The van der Waals surface area contributed by atoms with Crippen LogP contribution in [0, 0.1) is 13.8 Å². The Kier molecular flexibility index (Phi) is 3.07. The monoisotopic (exact) mass is 177 g/mol. The van der Waals surface area contributed by atoms with Gasteiger partial charge in [-0.3, -0.25) is 4.79 Å². The van der Waals surface area contributed by atoms with Crippen molar-refractivity contribution in [1.29, 1.82) is 0 Å². The summed E-state index contributed by atoms with van der Waals surface area (Å²) < 4.78 is 0. The van der Waals surface area contributed by atoms with Gasteiger partial charge in [0.2, 0.25) is 5.91 Å². The molecule has 0 saturated heterocycles. The first-order chi connectivity index (χ1) is 6.08. The van der Waals surface area contributed by atoms with E-state index in [2.05, 4.69) is 37.4 Å². The van der Waals surface area contributed by atoms with Crippen LogP contribution in [0.3, 0.4) is 0 Å². The molecule has 0 fully saturated rings. The second-order valence-electron chi connectivity index (χ2n) is 3.41. The van der Waals surface area contributed by atoms with Crippen LogP contribution in [-0.4, -0.2) is 5.91 Å². The maximum Gasteiger partial charge on any atom is 0.217 e. The molecule has 1 rings (SSSR count). The number of carbonyl (C=O) groups excluding carboxylic acids is 1. The highest BCUT2D eigenvalue weighted by Gasteiger charge is 1.96. The van der Waals surface area contributed by atoms with E-state index in [1.54, 1.807) is 0 Å². The summed E-state index contributed by atoms with van der Waals surface area (Å²) in [5.41, 5.74) is 3.63. The summed E-state index contributed by atoms with van der Waals surface area (Å²) in [6.45, 7) is 6.27. The van der Waals surface area contributed by atoms with Crippen LogP contribution < -0.4 is 5.32 Å². The molecule has 0 aliphatic carbocycles. The molecular formula is C11H15NO. The molecule has 0 spiro atoms. The first-order valence-corrected chi connectivity index (χ1v) is 4.39. The normalized spacial score (nSPS) is 9.77. The van der Waals surface area contributed by atoms with Crippen molar-refractivity contribution in [3.8, 4) is 0 Å². The fraction of sp³-hybridized carbons (Fsp3) is 0.364. The lowest BCUT2D eigenvalue weighted by Crippen LogP contribution is -2.18. The van der Waals surface area contributed by atoms with E-state index in [0.717, 1.165) is 5.56 Å². The van der Waals surface area contributed by atoms with Crippen LogP contribution in [-0.2, 0) is 11.3 Å². The molecule has 0 saturated carbocycles. The SMILES string of the molecule is CC(=O)NCc1cc(C)cc(C)c1. The van der Waals surface area contributed by atoms with Crippen LogP contribution in [0.25, 0.3) is 0 Å². The lowest BCUT2D eigenvalue weighted by atomic mass is 10.1. The van der Waals surface area contributed by atoms with Crippen molar-refractivity contribution >= 4 is 5.91 Å². The first kappa shape index (κ1) is 9.78. The Bertz CT molecular complexity index is 298. The fourth-order valence-electron chi connectivity index (χ4n) is 1.40. The smallest absolute Gasteiger partial charge is 0.217 e. The third-order valence-electron chi connectivity index (χ3n) is 1.82. The van der Waals surface area contributed by atoms with Gasteiger partial charge in [-0.1, -0.05) is 29.3 Å². The first-order valence-electron chi connectivity index (χ1n) is 4.39. The molecule has 0 heterocycles. The number of benzene rings is 1. The Balaban J connectivity index is 2.71. The molecule has 1 aromatic rings. The van der Waals surface area contributed by atoms with Crippen molar-refractivity contribution in [3.63, 3.8) is 0 Å². The Morgan fingerprint density at radius 2 is 1.77 bits per heavy atom. The van der Waals surface area contributed by atoms with Gasteiger partial charge >= 0.3 is 0 Å². The Labute approximate surface area is 79.0 Å². The standard InChI is InChI=1S/C11H15NO/c1-8-4-9(2)6-11(5-8)7-12-10(3)13/h4-6H,7H2,1-3H3,(H,12,13). The lowest BCUT2D eigenvalue weighted by molar-refractivity contribution is -0.119. The van der Waals surface area contributed by atoms with Gasteiger partial charge in [0.25, 0.3) is 0 Å². The molecule has 1 amide bonds. The molecule has 0 aliphatic rings. The van der Waals surface area contributed by atoms with Crippen molar-refractivity contribution < 1.29 is 4.79 Å². The van der Waals surface area contributed by atoms with E-state index >= 15 is 0 Å². The summed E-state index contributed by atoms with van der Waals surface area (Å²) in [6.07, 6.45) is 0. The highest BCUT2D eigenvalue weighted by Crippen LogP contribution is 2.08. The van der Waals surface area contributed by atoms with E-state index < -0.39 is 0 Å². The van der Waals surface area contributed by atoms with Gasteiger partial charge in [0.05, 0.1) is 0 Å². The van der Waals surface area contributed by atoms with Crippen molar-refractivity contribution in [3.05, 3.63) is 34.9 Å². The number of rotatable bonds is 2. The zero-order chi connectivity index (χ0) is 9.84. The number of amides is 1. The summed E-state index contributed by atoms with van der Waals surface area (Å²) in [5.74, 6) is 0.0131. The van der Waals surface area contributed by atoms with Crippen LogP contribution in [0.5, 0.6) is 0 Å². The number of aryl methyl sites for hydroxylation is 2. The number of carbonyl (C=O) groups is 1. The summed E-state index contributed by atoms with van der Waals surface area (Å²) in [7, 11) is 0. The molecule has 1 N–H and O–H groups in total. The largest absolute Gasteiger partial charge is 0.352 e. The topological polar surface area (TPSA) is 29.1 Å². The predicted octanol–water partition coefficient (Wildman–Crippen LogP) is 1.94. The second kappa shape index (κ2) is 4.08. The molecule has 70 valence electrons. The van der Waals surface area contributed by atoms with Crippen molar-refractivity contribution in [2.75, 3.05) is 0 Å². The van der Waals surface area contributed by atoms with Gasteiger partial charge in [-0.05, 0) is 19.4 Å². The minimum Gasteiger partial charge on any atom is -0.352 e. The summed E-state index contributed by atoms with van der Waals surface area (Å²) in [4.78, 5) is 10.7. The average Bonchev–Trinajstić information content (AvgIpc) is 1.99. The highest BCUT2D eigenvalue weighted by atomic mass is 16.1. The summed E-state index contributed by atoms with van der Waals surface area (Å²) in [6, 6.07) is 6.29. The quantitative estimate of drug-likeness (QED) is 0.735. The number of nitrogens with one attached hydrogen (secondary N) is 1. The molecule has 0 atom stereocenters. The summed E-state index contributed by atoms with van der Waals surface area (Å²) >= 11 is 0. The van der Waals surface area contributed by atoms with Gasteiger partial charge in [-0.15, -0.1) is 0 Å². The van der Waals surface area contributed by atoms with Crippen molar-refractivity contribution in [2.24, 2.45) is 0 Å². The van der Waals surface area contributed by atoms with E-state index in [0.29, 0.717) is 6.54 Å². The van der Waals surface area contributed by atoms with E-state index in [9.17, 15) is 4.79 Å². The second-order valence-corrected chi connectivity index (χ2v) is 3.41. The van der Waals surface area contributed by atoms with Crippen LogP contribution in [0.2, 0.25) is 0 Å². The molecule has 2 heteroatoms. The van der Waals surface area contributed by atoms with Crippen molar-refractivity contribution in [2.45, 2.75) is 27.3 Å². The number of hydrogen-bond donors (Lipinski definition) is 1. The molecule has 0 unspecified atom stereocenters. The zero-order valence-electron chi connectivity index (χ0n) is 8.35. The minimum absolute atomic E-state index is 0.0131. The van der Waals surface area contributed by atoms with Gasteiger partial charge in [-0.2, -0.15) is 0 Å². The molecule has 1 aromatic carbocycles. The molecule has 0 aromatic heterocycles. The van der Waals surface area contributed by atoms with E-state index in [-0.39, 0.29) is 5.91 Å². The maximum atomic E-state index is 10.7. The molecule has 2 nitrogen and oxygen atoms in total. The third kappa shape index (κ3) is 3.28.